The van der Waals surface area contributed by atoms with Crippen LogP contribution in [0.15, 0.2) is 66.9 Å². The molecule has 1 atom stereocenters. The van der Waals surface area contributed by atoms with Crippen molar-refractivity contribution in [2.24, 2.45) is 0 Å². The second-order valence-electron chi connectivity index (χ2n) is 7.45. The summed E-state index contributed by atoms with van der Waals surface area (Å²) < 4.78 is 0. The standard InChI is InChI=1S/C24H25N3O2/c1-2-20-17-26(15-13-22(28)27(20)16-18-8-4-3-5-9-18)24(29)21-12-6-10-19-11-7-14-25-23(19)21/h3-12,14,20H,2,13,15-17H2,1H3/t20-/m0/s1. The van der Waals surface area contributed by atoms with E-state index < -0.39 is 0 Å². The van der Waals surface area contributed by atoms with Crippen molar-refractivity contribution in [3.63, 3.8) is 0 Å². The van der Waals surface area contributed by atoms with Gasteiger partial charge in [-0.1, -0.05) is 55.5 Å². The van der Waals surface area contributed by atoms with Gasteiger partial charge in [0.05, 0.1) is 11.1 Å². The minimum Gasteiger partial charge on any atom is -0.336 e. The highest BCUT2D eigenvalue weighted by molar-refractivity contribution is 6.05. The van der Waals surface area contributed by atoms with Crippen LogP contribution in [0.4, 0.5) is 0 Å². The Labute approximate surface area is 171 Å². The summed E-state index contributed by atoms with van der Waals surface area (Å²) >= 11 is 0. The fourth-order valence-electron chi connectivity index (χ4n) is 4.00. The van der Waals surface area contributed by atoms with Crippen LogP contribution in [0.5, 0.6) is 0 Å². The molecule has 1 saturated heterocycles. The van der Waals surface area contributed by atoms with E-state index in [1.165, 1.54) is 0 Å². The van der Waals surface area contributed by atoms with Gasteiger partial charge in [0, 0.05) is 43.7 Å². The van der Waals surface area contributed by atoms with Gasteiger partial charge in [0.2, 0.25) is 5.91 Å². The van der Waals surface area contributed by atoms with Crippen molar-refractivity contribution in [2.45, 2.75) is 32.4 Å². The summed E-state index contributed by atoms with van der Waals surface area (Å²) in [6.45, 7) is 3.62. The normalized spacial score (nSPS) is 17.4. The lowest BCUT2D eigenvalue weighted by Gasteiger charge is -2.31. The molecular weight excluding hydrogens is 362 g/mol. The number of rotatable bonds is 4. The van der Waals surface area contributed by atoms with Crippen LogP contribution in [-0.4, -0.2) is 45.7 Å². The number of benzene rings is 2. The fraction of sp³-hybridized carbons (Fsp3) is 0.292. The van der Waals surface area contributed by atoms with Crippen molar-refractivity contribution < 1.29 is 9.59 Å². The van der Waals surface area contributed by atoms with Gasteiger partial charge < -0.3 is 9.80 Å². The van der Waals surface area contributed by atoms with E-state index in [1.807, 2.05) is 70.5 Å². The van der Waals surface area contributed by atoms with E-state index in [0.717, 1.165) is 17.4 Å². The largest absolute Gasteiger partial charge is 0.336 e. The number of para-hydroxylation sites is 1. The van der Waals surface area contributed by atoms with Gasteiger partial charge in [-0.05, 0) is 24.1 Å². The van der Waals surface area contributed by atoms with E-state index in [9.17, 15) is 9.59 Å². The monoisotopic (exact) mass is 387 g/mol. The van der Waals surface area contributed by atoms with Gasteiger partial charge in [0.25, 0.3) is 5.91 Å². The molecule has 2 aromatic carbocycles. The van der Waals surface area contributed by atoms with Crippen LogP contribution in [0.1, 0.15) is 35.7 Å². The molecule has 0 radical (unpaired) electrons. The molecule has 2 heterocycles. The molecule has 1 aliphatic heterocycles. The van der Waals surface area contributed by atoms with E-state index in [1.54, 1.807) is 6.20 Å². The van der Waals surface area contributed by atoms with Gasteiger partial charge in [-0.25, -0.2) is 0 Å². The molecule has 0 unspecified atom stereocenters. The first-order chi connectivity index (χ1) is 14.2. The van der Waals surface area contributed by atoms with Crippen LogP contribution < -0.4 is 0 Å². The Hall–Kier alpha value is -3.21. The SMILES string of the molecule is CC[C@H]1CN(C(=O)c2cccc3cccnc23)CCC(=O)N1Cc1ccccc1. The summed E-state index contributed by atoms with van der Waals surface area (Å²) in [5.41, 5.74) is 2.42. The predicted octanol–water partition coefficient (Wildman–Crippen LogP) is 3.89. The minimum absolute atomic E-state index is 0.00269. The van der Waals surface area contributed by atoms with Crippen molar-refractivity contribution in [3.8, 4) is 0 Å². The van der Waals surface area contributed by atoms with Crippen LogP contribution in [0.2, 0.25) is 0 Å². The first-order valence-corrected chi connectivity index (χ1v) is 10.1. The van der Waals surface area contributed by atoms with Crippen LogP contribution in [0.3, 0.4) is 0 Å². The Bertz CT molecular complexity index is 1010. The molecule has 4 rings (SSSR count). The molecule has 2 amide bonds. The average molecular weight is 387 g/mol. The highest BCUT2D eigenvalue weighted by Gasteiger charge is 2.31. The Morgan fingerprint density at radius 1 is 1.07 bits per heavy atom. The Kier molecular flexibility index (Phi) is 5.56. The first kappa shape index (κ1) is 19.1. The molecule has 1 aliphatic rings. The Morgan fingerprint density at radius 3 is 2.66 bits per heavy atom. The minimum atomic E-state index is -0.0536. The summed E-state index contributed by atoms with van der Waals surface area (Å²) in [6.07, 6.45) is 2.85. The molecule has 3 aromatic rings. The third kappa shape index (κ3) is 3.99. The van der Waals surface area contributed by atoms with Crippen molar-refractivity contribution in [3.05, 3.63) is 78.0 Å². The van der Waals surface area contributed by atoms with E-state index in [0.29, 0.717) is 37.1 Å². The summed E-state index contributed by atoms with van der Waals surface area (Å²) in [5, 5.41) is 0.946. The smallest absolute Gasteiger partial charge is 0.256 e. The molecule has 0 aliphatic carbocycles. The molecule has 29 heavy (non-hydrogen) atoms. The zero-order chi connectivity index (χ0) is 20.2. The lowest BCUT2D eigenvalue weighted by Crippen LogP contribution is -2.43. The van der Waals surface area contributed by atoms with Crippen molar-refractivity contribution >= 4 is 22.7 Å². The van der Waals surface area contributed by atoms with Gasteiger partial charge in [0.1, 0.15) is 0 Å². The van der Waals surface area contributed by atoms with Crippen LogP contribution in [-0.2, 0) is 11.3 Å². The zero-order valence-electron chi connectivity index (χ0n) is 16.6. The number of fused-ring (bicyclic) bond motifs is 1. The molecule has 0 N–H and O–H groups in total. The van der Waals surface area contributed by atoms with Gasteiger partial charge in [0.15, 0.2) is 0 Å². The van der Waals surface area contributed by atoms with E-state index in [2.05, 4.69) is 11.9 Å². The summed E-state index contributed by atoms with van der Waals surface area (Å²) in [7, 11) is 0. The quantitative estimate of drug-likeness (QED) is 0.682. The molecular formula is C24H25N3O2. The highest BCUT2D eigenvalue weighted by atomic mass is 16.2. The molecule has 0 saturated carbocycles. The van der Waals surface area contributed by atoms with E-state index in [4.69, 9.17) is 0 Å². The highest BCUT2D eigenvalue weighted by Crippen LogP contribution is 2.22. The lowest BCUT2D eigenvalue weighted by atomic mass is 10.1. The molecule has 5 heteroatoms. The predicted molar refractivity (Wildman–Crippen MR) is 113 cm³/mol. The number of carbonyl (C=O) groups is 2. The average Bonchev–Trinajstić information content (AvgIpc) is 2.92. The molecule has 0 spiro atoms. The molecule has 5 nitrogen and oxygen atoms in total. The number of carbonyl (C=O) groups excluding carboxylic acids is 2. The maximum absolute atomic E-state index is 13.4. The van der Waals surface area contributed by atoms with Gasteiger partial charge in [-0.2, -0.15) is 0 Å². The number of nitrogens with zero attached hydrogens (tertiary/aromatic N) is 3. The Morgan fingerprint density at radius 2 is 1.86 bits per heavy atom. The van der Waals surface area contributed by atoms with E-state index in [-0.39, 0.29) is 17.9 Å². The summed E-state index contributed by atoms with van der Waals surface area (Å²) in [4.78, 5) is 34.4. The van der Waals surface area contributed by atoms with Crippen LogP contribution in [0.25, 0.3) is 10.9 Å². The van der Waals surface area contributed by atoms with Gasteiger partial charge >= 0.3 is 0 Å². The zero-order valence-corrected chi connectivity index (χ0v) is 16.6. The third-order valence-corrected chi connectivity index (χ3v) is 5.61. The van der Waals surface area contributed by atoms with Gasteiger partial charge in [-0.15, -0.1) is 0 Å². The maximum Gasteiger partial charge on any atom is 0.256 e. The second-order valence-corrected chi connectivity index (χ2v) is 7.45. The van der Waals surface area contributed by atoms with Gasteiger partial charge in [-0.3, -0.25) is 14.6 Å². The van der Waals surface area contributed by atoms with Crippen LogP contribution in [0, 0.1) is 0 Å². The summed E-state index contributed by atoms with van der Waals surface area (Å²) in [6, 6.07) is 19.5. The topological polar surface area (TPSA) is 53.5 Å². The molecule has 1 fully saturated rings. The number of hydrogen-bond acceptors (Lipinski definition) is 3. The first-order valence-electron chi connectivity index (χ1n) is 10.1. The molecule has 1 aromatic heterocycles. The fourth-order valence-corrected chi connectivity index (χ4v) is 4.00. The number of hydrogen-bond donors (Lipinski definition) is 0. The van der Waals surface area contributed by atoms with Crippen molar-refractivity contribution in [1.82, 2.24) is 14.8 Å². The van der Waals surface area contributed by atoms with Crippen LogP contribution >= 0.6 is 0 Å². The lowest BCUT2D eigenvalue weighted by molar-refractivity contribution is -0.133. The van der Waals surface area contributed by atoms with E-state index >= 15 is 0 Å². The molecule has 0 bridgehead atoms. The Balaban J connectivity index is 1.59. The molecule has 148 valence electrons. The van der Waals surface area contributed by atoms with Crippen molar-refractivity contribution in [1.29, 1.82) is 0 Å². The number of amides is 2. The maximum atomic E-state index is 13.4. The summed E-state index contributed by atoms with van der Waals surface area (Å²) in [5.74, 6) is 0.0501. The second kappa shape index (κ2) is 8.43. The van der Waals surface area contributed by atoms with Crippen molar-refractivity contribution in [2.75, 3.05) is 13.1 Å². The number of pyridine rings is 1. The third-order valence-electron chi connectivity index (χ3n) is 5.61. The number of aromatic nitrogens is 1.